The fourth-order valence-electron chi connectivity index (χ4n) is 3.07. The maximum Gasteiger partial charge on any atom is 0.244 e. The number of aryl methyl sites for hydroxylation is 3. The molecule has 0 aliphatic heterocycles. The van der Waals surface area contributed by atoms with Crippen LogP contribution in [0.2, 0.25) is 0 Å². The van der Waals surface area contributed by atoms with Crippen molar-refractivity contribution in [2.75, 3.05) is 6.61 Å². The Hall–Kier alpha value is -2.33. The third-order valence-electron chi connectivity index (χ3n) is 4.25. The van der Waals surface area contributed by atoms with E-state index >= 15 is 0 Å². The Morgan fingerprint density at radius 2 is 2.00 bits per heavy atom. The Morgan fingerprint density at radius 1 is 1.21 bits per heavy atom. The minimum Gasteiger partial charge on any atom is -0.491 e. The van der Waals surface area contributed by atoms with E-state index in [0.29, 0.717) is 6.54 Å². The molecule has 126 valence electrons. The fraction of sp³-hybridized carbons (Fsp3) is 0.350. The number of para-hydroxylation sites is 2. The summed E-state index contributed by atoms with van der Waals surface area (Å²) in [7, 11) is 2.01. The van der Waals surface area contributed by atoms with E-state index in [1.807, 2.05) is 37.6 Å². The second kappa shape index (κ2) is 7.05. The normalized spacial score (nSPS) is 12.5. The van der Waals surface area contributed by atoms with E-state index in [1.165, 1.54) is 11.1 Å². The summed E-state index contributed by atoms with van der Waals surface area (Å²) >= 11 is 0. The standard InChI is InChI=1S/C20H25N2O2/c1-4-16-9-15(2)10-18(11-16)24-13-17(23)12-22-14-21(3)19-7-5-6-8-20(19)22/h5-11,14,17,23H,4,12-13H2,1-3H3/q+1. The molecule has 2 aromatic carbocycles. The Labute approximate surface area is 142 Å². The lowest BCUT2D eigenvalue weighted by molar-refractivity contribution is -0.645. The summed E-state index contributed by atoms with van der Waals surface area (Å²) in [6.07, 6.45) is 2.42. The lowest BCUT2D eigenvalue weighted by Crippen LogP contribution is -2.27. The van der Waals surface area contributed by atoms with Gasteiger partial charge < -0.3 is 9.84 Å². The number of rotatable bonds is 6. The summed E-state index contributed by atoms with van der Waals surface area (Å²) in [5.41, 5.74) is 4.70. The average Bonchev–Trinajstić information content (AvgIpc) is 2.89. The SMILES string of the molecule is CCc1cc(C)cc(OCC(O)Cn2c[n+](C)c3ccccc32)c1. The number of hydrogen-bond donors (Lipinski definition) is 1. The monoisotopic (exact) mass is 325 g/mol. The summed E-state index contributed by atoms with van der Waals surface area (Å²) in [6.45, 7) is 4.98. The molecule has 1 heterocycles. The first-order valence-corrected chi connectivity index (χ1v) is 8.41. The van der Waals surface area contributed by atoms with Gasteiger partial charge in [0, 0.05) is 0 Å². The molecule has 0 amide bonds. The molecule has 0 radical (unpaired) electrons. The van der Waals surface area contributed by atoms with E-state index in [9.17, 15) is 5.11 Å². The molecule has 0 aliphatic rings. The molecule has 1 atom stereocenters. The van der Waals surface area contributed by atoms with Crippen molar-refractivity contribution >= 4 is 11.0 Å². The van der Waals surface area contributed by atoms with Gasteiger partial charge in [-0.25, -0.2) is 9.13 Å². The predicted molar refractivity (Wildman–Crippen MR) is 95.2 cm³/mol. The van der Waals surface area contributed by atoms with Crippen molar-refractivity contribution in [1.82, 2.24) is 4.57 Å². The van der Waals surface area contributed by atoms with Crippen molar-refractivity contribution in [3.63, 3.8) is 0 Å². The Kier molecular flexibility index (Phi) is 4.86. The smallest absolute Gasteiger partial charge is 0.244 e. The zero-order chi connectivity index (χ0) is 17.1. The second-order valence-corrected chi connectivity index (χ2v) is 6.34. The van der Waals surface area contributed by atoms with E-state index in [0.717, 1.165) is 23.2 Å². The van der Waals surface area contributed by atoms with Crippen LogP contribution in [0, 0.1) is 6.92 Å². The molecule has 3 rings (SSSR count). The van der Waals surface area contributed by atoms with Crippen LogP contribution in [0.15, 0.2) is 48.8 Å². The molecular formula is C20H25N2O2+. The summed E-state index contributed by atoms with van der Waals surface area (Å²) in [6, 6.07) is 14.4. The molecule has 0 bridgehead atoms. The first-order valence-electron chi connectivity index (χ1n) is 8.41. The molecular weight excluding hydrogens is 300 g/mol. The van der Waals surface area contributed by atoms with Crippen LogP contribution >= 0.6 is 0 Å². The van der Waals surface area contributed by atoms with Gasteiger partial charge in [-0.2, -0.15) is 0 Å². The number of aliphatic hydroxyl groups excluding tert-OH is 1. The van der Waals surface area contributed by atoms with Gasteiger partial charge in [0.05, 0.1) is 7.05 Å². The fourth-order valence-corrected chi connectivity index (χ4v) is 3.07. The van der Waals surface area contributed by atoms with Gasteiger partial charge in [0.1, 0.15) is 25.0 Å². The first kappa shape index (κ1) is 16.5. The van der Waals surface area contributed by atoms with E-state index in [2.05, 4.69) is 41.2 Å². The maximum absolute atomic E-state index is 10.4. The summed E-state index contributed by atoms with van der Waals surface area (Å²) < 4.78 is 9.95. The third-order valence-corrected chi connectivity index (χ3v) is 4.25. The van der Waals surface area contributed by atoms with Gasteiger partial charge in [-0.15, -0.1) is 0 Å². The zero-order valence-corrected chi connectivity index (χ0v) is 14.6. The van der Waals surface area contributed by atoms with E-state index in [-0.39, 0.29) is 6.61 Å². The van der Waals surface area contributed by atoms with E-state index in [1.54, 1.807) is 0 Å². The van der Waals surface area contributed by atoms with Crippen LogP contribution in [0.1, 0.15) is 18.1 Å². The molecule has 0 saturated heterocycles. The van der Waals surface area contributed by atoms with Crippen LogP contribution in [0.4, 0.5) is 0 Å². The number of imidazole rings is 1. The van der Waals surface area contributed by atoms with Crippen LogP contribution in [0.3, 0.4) is 0 Å². The van der Waals surface area contributed by atoms with Gasteiger partial charge in [-0.3, -0.25) is 0 Å². The Bertz CT molecular complexity index is 839. The van der Waals surface area contributed by atoms with Crippen LogP contribution in [0.5, 0.6) is 5.75 Å². The van der Waals surface area contributed by atoms with Gasteiger partial charge in [0.25, 0.3) is 0 Å². The van der Waals surface area contributed by atoms with Gasteiger partial charge in [0.15, 0.2) is 11.0 Å². The molecule has 0 aliphatic carbocycles. The second-order valence-electron chi connectivity index (χ2n) is 6.34. The quantitative estimate of drug-likeness (QED) is 0.708. The van der Waals surface area contributed by atoms with Crippen molar-refractivity contribution in [2.24, 2.45) is 7.05 Å². The van der Waals surface area contributed by atoms with Crippen molar-refractivity contribution in [3.05, 3.63) is 59.9 Å². The van der Waals surface area contributed by atoms with Crippen LogP contribution in [-0.4, -0.2) is 22.4 Å². The molecule has 0 fully saturated rings. The average molecular weight is 325 g/mol. The number of benzene rings is 2. The third kappa shape index (κ3) is 3.60. The lowest BCUT2D eigenvalue weighted by atomic mass is 10.1. The van der Waals surface area contributed by atoms with E-state index in [4.69, 9.17) is 4.74 Å². The molecule has 3 aromatic rings. The van der Waals surface area contributed by atoms with E-state index < -0.39 is 6.10 Å². The topological polar surface area (TPSA) is 38.3 Å². The van der Waals surface area contributed by atoms with Crippen LogP contribution < -0.4 is 9.30 Å². The summed E-state index contributed by atoms with van der Waals surface area (Å²) in [5.74, 6) is 0.828. The minimum atomic E-state index is -0.564. The highest BCUT2D eigenvalue weighted by molar-refractivity contribution is 5.71. The van der Waals surface area contributed by atoms with Crippen molar-refractivity contribution in [2.45, 2.75) is 32.9 Å². The number of aromatic nitrogens is 2. The predicted octanol–water partition coefficient (Wildman–Crippen LogP) is 2.78. The highest BCUT2D eigenvalue weighted by Gasteiger charge is 2.16. The van der Waals surface area contributed by atoms with Gasteiger partial charge >= 0.3 is 0 Å². The van der Waals surface area contributed by atoms with Crippen molar-refractivity contribution < 1.29 is 14.4 Å². The molecule has 1 unspecified atom stereocenters. The molecule has 1 aromatic heterocycles. The van der Waals surface area contributed by atoms with Gasteiger partial charge in [0.2, 0.25) is 6.33 Å². The Morgan fingerprint density at radius 3 is 2.79 bits per heavy atom. The molecule has 4 heteroatoms. The van der Waals surface area contributed by atoms with Crippen LogP contribution in [0.25, 0.3) is 11.0 Å². The summed E-state index contributed by atoms with van der Waals surface area (Å²) in [4.78, 5) is 0. The van der Waals surface area contributed by atoms with Gasteiger partial charge in [-0.05, 0) is 48.7 Å². The van der Waals surface area contributed by atoms with Crippen LogP contribution in [-0.2, 0) is 20.0 Å². The molecule has 1 N–H and O–H groups in total. The number of nitrogens with zero attached hydrogens (tertiary/aromatic N) is 2. The largest absolute Gasteiger partial charge is 0.491 e. The Balaban J connectivity index is 1.67. The highest BCUT2D eigenvalue weighted by Crippen LogP contribution is 2.18. The number of aliphatic hydroxyl groups is 1. The maximum atomic E-state index is 10.4. The first-order chi connectivity index (χ1) is 11.6. The van der Waals surface area contributed by atoms with Crippen molar-refractivity contribution in [3.8, 4) is 5.75 Å². The van der Waals surface area contributed by atoms with Gasteiger partial charge in [-0.1, -0.05) is 25.1 Å². The zero-order valence-electron chi connectivity index (χ0n) is 14.6. The molecule has 0 spiro atoms. The molecule has 0 saturated carbocycles. The minimum absolute atomic E-state index is 0.281. The number of fused-ring (bicyclic) bond motifs is 1. The van der Waals surface area contributed by atoms with Crippen molar-refractivity contribution in [1.29, 1.82) is 0 Å². The number of hydrogen-bond acceptors (Lipinski definition) is 2. The highest BCUT2D eigenvalue weighted by atomic mass is 16.5. The number of ether oxygens (including phenoxy) is 1. The lowest BCUT2D eigenvalue weighted by Gasteiger charge is -2.12. The molecule has 4 nitrogen and oxygen atoms in total. The summed E-state index contributed by atoms with van der Waals surface area (Å²) in [5, 5.41) is 10.4. The molecule has 24 heavy (non-hydrogen) atoms.